The second-order valence-electron chi connectivity index (χ2n) is 5.71. The Balaban J connectivity index is 1.87. The van der Waals surface area contributed by atoms with E-state index in [1.54, 1.807) is 43.3 Å². The zero-order valence-electron chi connectivity index (χ0n) is 14.7. The van der Waals surface area contributed by atoms with Gasteiger partial charge in [-0.2, -0.15) is 0 Å². The number of ether oxygens (including phenoxy) is 2. The molecule has 0 aliphatic rings. The summed E-state index contributed by atoms with van der Waals surface area (Å²) < 4.78 is 11.7. The Hall–Kier alpha value is -3.35. The number of fused-ring (bicyclic) bond motifs is 1. The van der Waals surface area contributed by atoms with Crippen LogP contribution < -0.4 is 20.3 Å². The van der Waals surface area contributed by atoms with Crippen molar-refractivity contribution in [3.8, 4) is 11.5 Å². The third kappa shape index (κ3) is 3.23. The predicted molar refractivity (Wildman–Crippen MR) is 98.9 cm³/mol. The van der Waals surface area contributed by atoms with Crippen molar-refractivity contribution in [1.29, 1.82) is 0 Å². The van der Waals surface area contributed by atoms with E-state index in [0.29, 0.717) is 28.1 Å². The van der Waals surface area contributed by atoms with Gasteiger partial charge in [0, 0.05) is 11.8 Å². The van der Waals surface area contributed by atoms with Crippen LogP contribution in [0.3, 0.4) is 0 Å². The molecule has 1 heterocycles. The van der Waals surface area contributed by atoms with Crippen molar-refractivity contribution >= 4 is 22.5 Å². The van der Waals surface area contributed by atoms with Gasteiger partial charge in [-0.25, -0.2) is 4.98 Å². The lowest BCUT2D eigenvalue weighted by molar-refractivity contribution is -0.118. The Kier molecular flexibility index (Phi) is 4.88. The molecule has 26 heavy (non-hydrogen) atoms. The van der Waals surface area contributed by atoms with Gasteiger partial charge in [-0.15, -0.1) is 0 Å². The third-order valence-corrected chi connectivity index (χ3v) is 4.14. The highest BCUT2D eigenvalue weighted by molar-refractivity contribution is 5.94. The zero-order chi connectivity index (χ0) is 18.7. The fourth-order valence-electron chi connectivity index (χ4n) is 2.65. The molecule has 0 fully saturated rings. The molecule has 0 bridgehead atoms. The minimum Gasteiger partial charge on any atom is -0.493 e. The minimum atomic E-state index is -0.729. The van der Waals surface area contributed by atoms with Crippen LogP contribution in [0.2, 0.25) is 0 Å². The molecule has 0 radical (unpaired) electrons. The number of aromatic nitrogens is 2. The minimum absolute atomic E-state index is 0.259. The molecule has 3 aromatic rings. The molecule has 2 aromatic carbocycles. The molecule has 1 amide bonds. The molecule has 0 unspecified atom stereocenters. The van der Waals surface area contributed by atoms with Gasteiger partial charge in [0.05, 0.1) is 31.4 Å². The first-order valence-electron chi connectivity index (χ1n) is 8.04. The average molecular weight is 353 g/mol. The molecule has 1 atom stereocenters. The van der Waals surface area contributed by atoms with Crippen LogP contribution in [0.4, 0.5) is 5.69 Å². The number of hydrogen-bond donors (Lipinski definition) is 1. The van der Waals surface area contributed by atoms with Gasteiger partial charge in [-0.1, -0.05) is 12.1 Å². The highest BCUT2D eigenvalue weighted by Crippen LogP contribution is 2.30. The summed E-state index contributed by atoms with van der Waals surface area (Å²) in [5.41, 5.74) is 0.883. The topological polar surface area (TPSA) is 82.5 Å². The summed E-state index contributed by atoms with van der Waals surface area (Å²) >= 11 is 0. The maximum Gasteiger partial charge on any atom is 0.261 e. The van der Waals surface area contributed by atoms with Crippen molar-refractivity contribution in [2.75, 3.05) is 19.5 Å². The molecule has 0 aliphatic carbocycles. The van der Waals surface area contributed by atoms with E-state index in [1.807, 2.05) is 6.07 Å². The second kappa shape index (κ2) is 7.26. The van der Waals surface area contributed by atoms with Gasteiger partial charge in [-0.05, 0) is 31.2 Å². The molecule has 0 saturated carbocycles. The van der Waals surface area contributed by atoms with Crippen LogP contribution in [-0.4, -0.2) is 29.7 Å². The van der Waals surface area contributed by atoms with E-state index in [2.05, 4.69) is 10.3 Å². The summed E-state index contributed by atoms with van der Waals surface area (Å²) in [7, 11) is 3.06. The quantitative estimate of drug-likeness (QED) is 0.762. The monoisotopic (exact) mass is 353 g/mol. The maximum atomic E-state index is 12.6. The zero-order valence-corrected chi connectivity index (χ0v) is 14.7. The maximum absolute atomic E-state index is 12.6. The van der Waals surface area contributed by atoms with E-state index >= 15 is 0 Å². The van der Waals surface area contributed by atoms with Crippen molar-refractivity contribution in [3.63, 3.8) is 0 Å². The Bertz CT molecular complexity index is 1010. The Morgan fingerprint density at radius 2 is 1.85 bits per heavy atom. The van der Waals surface area contributed by atoms with Crippen LogP contribution in [-0.2, 0) is 4.79 Å². The number of nitrogens with one attached hydrogen (secondary N) is 1. The SMILES string of the molecule is COc1ccc(NC(=O)[C@@H](C)n2cnc3ccccc3c2=O)cc1OC. The third-order valence-electron chi connectivity index (χ3n) is 4.14. The van der Waals surface area contributed by atoms with Gasteiger partial charge in [0.25, 0.3) is 5.56 Å². The highest BCUT2D eigenvalue weighted by atomic mass is 16.5. The van der Waals surface area contributed by atoms with E-state index in [-0.39, 0.29) is 11.5 Å². The summed E-state index contributed by atoms with van der Waals surface area (Å²) in [5, 5.41) is 3.25. The van der Waals surface area contributed by atoms with Gasteiger partial charge in [0.1, 0.15) is 6.04 Å². The summed E-state index contributed by atoms with van der Waals surface area (Å²) in [6.07, 6.45) is 1.39. The van der Waals surface area contributed by atoms with Crippen molar-refractivity contribution in [3.05, 3.63) is 59.1 Å². The van der Waals surface area contributed by atoms with Crippen LogP contribution in [0.5, 0.6) is 11.5 Å². The van der Waals surface area contributed by atoms with Crippen molar-refractivity contribution < 1.29 is 14.3 Å². The number of hydrogen-bond acceptors (Lipinski definition) is 5. The lowest BCUT2D eigenvalue weighted by Gasteiger charge is -2.16. The van der Waals surface area contributed by atoms with E-state index in [0.717, 1.165) is 0 Å². The van der Waals surface area contributed by atoms with Crippen LogP contribution in [0.15, 0.2) is 53.6 Å². The number of methoxy groups -OCH3 is 2. The Labute approximate surface area is 150 Å². The largest absolute Gasteiger partial charge is 0.493 e. The van der Waals surface area contributed by atoms with E-state index < -0.39 is 6.04 Å². The molecule has 3 rings (SSSR count). The molecule has 1 aromatic heterocycles. The Morgan fingerprint density at radius 3 is 2.58 bits per heavy atom. The van der Waals surface area contributed by atoms with Gasteiger partial charge in [0.15, 0.2) is 11.5 Å². The van der Waals surface area contributed by atoms with Crippen molar-refractivity contribution in [1.82, 2.24) is 9.55 Å². The van der Waals surface area contributed by atoms with E-state index in [4.69, 9.17) is 9.47 Å². The van der Waals surface area contributed by atoms with Gasteiger partial charge in [0.2, 0.25) is 5.91 Å². The number of amides is 1. The number of carbonyl (C=O) groups is 1. The normalized spacial score (nSPS) is 11.8. The molecule has 1 N–H and O–H groups in total. The van der Waals surface area contributed by atoms with Crippen LogP contribution >= 0.6 is 0 Å². The van der Waals surface area contributed by atoms with Crippen molar-refractivity contribution in [2.24, 2.45) is 0 Å². The first kappa shape index (κ1) is 17.5. The second-order valence-corrected chi connectivity index (χ2v) is 5.71. The fourth-order valence-corrected chi connectivity index (χ4v) is 2.65. The number of para-hydroxylation sites is 1. The number of nitrogens with zero attached hydrogens (tertiary/aromatic N) is 2. The lowest BCUT2D eigenvalue weighted by atomic mass is 10.2. The van der Waals surface area contributed by atoms with Gasteiger partial charge in [-0.3, -0.25) is 14.2 Å². The van der Waals surface area contributed by atoms with Crippen LogP contribution in [0.25, 0.3) is 10.9 Å². The van der Waals surface area contributed by atoms with E-state index in [9.17, 15) is 9.59 Å². The molecule has 0 saturated heterocycles. The predicted octanol–water partition coefficient (Wildman–Crippen LogP) is 2.61. The number of benzene rings is 2. The molecule has 7 heteroatoms. The number of carbonyl (C=O) groups excluding carboxylic acids is 1. The summed E-state index contributed by atoms with van der Waals surface area (Å²) in [6.45, 7) is 1.65. The molecule has 134 valence electrons. The first-order valence-corrected chi connectivity index (χ1v) is 8.04. The molecule has 7 nitrogen and oxygen atoms in total. The summed E-state index contributed by atoms with van der Waals surface area (Å²) in [5.74, 6) is 0.729. The van der Waals surface area contributed by atoms with Gasteiger partial charge < -0.3 is 14.8 Å². The molecule has 0 aliphatic heterocycles. The smallest absolute Gasteiger partial charge is 0.261 e. The standard InChI is InChI=1S/C19H19N3O4/c1-12(22-11-20-15-7-5-4-6-14(15)19(22)24)18(23)21-13-8-9-16(25-2)17(10-13)26-3/h4-12H,1-3H3,(H,21,23)/t12-/m1/s1. The molecule has 0 spiro atoms. The highest BCUT2D eigenvalue weighted by Gasteiger charge is 2.18. The van der Waals surface area contributed by atoms with Crippen LogP contribution in [0.1, 0.15) is 13.0 Å². The number of rotatable bonds is 5. The lowest BCUT2D eigenvalue weighted by Crippen LogP contribution is -2.31. The van der Waals surface area contributed by atoms with Crippen LogP contribution in [0, 0.1) is 0 Å². The van der Waals surface area contributed by atoms with E-state index in [1.165, 1.54) is 25.1 Å². The van der Waals surface area contributed by atoms with Crippen molar-refractivity contribution in [2.45, 2.75) is 13.0 Å². The fraction of sp³-hybridized carbons (Fsp3) is 0.211. The summed E-state index contributed by atoms with van der Waals surface area (Å²) in [6, 6.07) is 11.4. The molecular formula is C19H19N3O4. The number of anilines is 1. The van der Waals surface area contributed by atoms with Gasteiger partial charge >= 0.3 is 0 Å². The Morgan fingerprint density at radius 1 is 1.12 bits per heavy atom. The summed E-state index contributed by atoms with van der Waals surface area (Å²) in [4.78, 5) is 29.5. The molecular weight excluding hydrogens is 334 g/mol. The first-order chi connectivity index (χ1) is 12.5. The average Bonchev–Trinajstić information content (AvgIpc) is 2.67.